The molecule has 23 nitrogen and oxygen atoms in total. The molecule has 0 saturated heterocycles. The molecular weight excluding hydrogens is 1200 g/mol. The average Bonchev–Trinajstić information content (AvgIpc) is 2.66. The number of Topliss-reactive ketones (excluding diaryl/α,β-unsaturated/α-hetero) is 7. The Hall–Kier alpha value is -3.85. The Morgan fingerprint density at radius 1 is 0.237 bits per heavy atom. The molecule has 0 aromatic rings. The number of unbranched alkanes of at least 4 members (excludes halogenated alkanes) is 6. The number of hydrogen-bond acceptors (Lipinski definition) is 21. The van der Waals surface area contributed by atoms with Crippen LogP contribution >= 0.6 is 0 Å². The van der Waals surface area contributed by atoms with Crippen LogP contribution in [0.25, 0.3) is 0 Å². The topological polar surface area (TPSA) is 288 Å². The lowest BCUT2D eigenvalue weighted by Crippen LogP contribution is -2.31. The Morgan fingerprint density at radius 2 is 0.473 bits per heavy atom. The lowest BCUT2D eigenvalue weighted by atomic mass is 9.91. The molecule has 0 rings (SSSR count). The first-order chi connectivity index (χ1) is 44.3. The highest BCUT2D eigenvalue weighted by Crippen LogP contribution is 2.16. The van der Waals surface area contributed by atoms with Crippen molar-refractivity contribution >= 4 is 52.3 Å². The lowest BCUT2D eigenvalue weighted by molar-refractivity contribution is -0.132. The van der Waals surface area contributed by atoms with Crippen LogP contribution in [0.3, 0.4) is 0 Å². The van der Waals surface area contributed by atoms with Crippen molar-refractivity contribution in [2.24, 2.45) is 16.2 Å². The highest BCUT2D eigenvalue weighted by Gasteiger charge is 2.23. The Bertz CT molecular complexity index is 1880. The van der Waals surface area contributed by atoms with Gasteiger partial charge in [-0.05, 0) is 44.9 Å². The largest absolute Gasteiger partial charge is 0.379 e. The van der Waals surface area contributed by atoms with Gasteiger partial charge in [-0.15, -0.1) is 0 Å². The van der Waals surface area contributed by atoms with E-state index in [0.29, 0.717) is 201 Å². The summed E-state index contributed by atoms with van der Waals surface area (Å²) in [6.07, 6.45) is 16.1. The van der Waals surface area contributed by atoms with Crippen molar-refractivity contribution in [1.29, 1.82) is 0 Å². The third-order valence-electron chi connectivity index (χ3n) is 13.4. The van der Waals surface area contributed by atoms with E-state index < -0.39 is 5.41 Å². The summed E-state index contributed by atoms with van der Waals surface area (Å²) in [5.41, 5.74) is -1.14. The highest BCUT2D eigenvalue weighted by atomic mass is 16.5. The van der Waals surface area contributed by atoms with Gasteiger partial charge in [0.25, 0.3) is 0 Å². The molecule has 546 valence electrons. The second-order valence-electron chi connectivity index (χ2n) is 25.6. The standard InChI is InChI=1S/C30H55NO10.C23H43NO7.C17H32O4/c1-5-6-7-10-26(32)11-8-14-36-18-22-41-25-29(35)31-13-16-38-19-20-39-23-27(33)12-9-15-37-17-21-40-24-28(34)30(2,3)4;1-5-6-7-10-22(27)24-11-13-29-15-16-30-18-20(25)9-8-12-28-14-17-31-19-21(26)23(2,3)4;1-5-6-7-9-15(18)10-8-11-20-12-13-21-14-16(19)17(2,3)4/h5-25H2,1-4H3,(H,31,35);5-19H2,1-4H3,(H,24,27);5-14H2,1-4H3. The number of rotatable bonds is 64. The molecule has 93 heavy (non-hydrogen) atoms. The van der Waals surface area contributed by atoms with Gasteiger partial charge in [0, 0.05) is 101 Å². The van der Waals surface area contributed by atoms with Crippen LogP contribution in [0.2, 0.25) is 0 Å². The van der Waals surface area contributed by atoms with Crippen molar-refractivity contribution in [2.75, 3.05) is 172 Å². The third-order valence-corrected chi connectivity index (χ3v) is 13.4. The van der Waals surface area contributed by atoms with Crippen LogP contribution in [0.15, 0.2) is 0 Å². The molecule has 0 radical (unpaired) electrons. The van der Waals surface area contributed by atoms with Crippen LogP contribution in [-0.4, -0.2) is 224 Å². The normalized spacial score (nSPS) is 11.5. The highest BCUT2D eigenvalue weighted by molar-refractivity contribution is 5.86. The van der Waals surface area contributed by atoms with E-state index in [1.165, 1.54) is 0 Å². The first-order valence-electron chi connectivity index (χ1n) is 34.4. The van der Waals surface area contributed by atoms with Gasteiger partial charge < -0.3 is 67.5 Å². The monoisotopic (exact) mass is 1330 g/mol. The zero-order valence-corrected chi connectivity index (χ0v) is 60.1. The fourth-order valence-electron chi connectivity index (χ4n) is 7.22. The molecule has 0 aliphatic carbocycles. The predicted octanol–water partition coefficient (Wildman–Crippen LogP) is 9.37. The van der Waals surface area contributed by atoms with Crippen LogP contribution in [0.5, 0.6) is 0 Å². The second-order valence-corrected chi connectivity index (χ2v) is 25.6. The van der Waals surface area contributed by atoms with Gasteiger partial charge >= 0.3 is 0 Å². The summed E-state index contributed by atoms with van der Waals surface area (Å²) in [5, 5.41) is 5.51. The second kappa shape index (κ2) is 65.4. The number of carbonyl (C=O) groups excluding carboxylic acids is 9. The number of amides is 2. The summed E-state index contributed by atoms with van der Waals surface area (Å²) in [6.45, 7) is 31.5. The lowest BCUT2D eigenvalue weighted by Gasteiger charge is -2.16. The number of carbonyl (C=O) groups is 9. The fourth-order valence-corrected chi connectivity index (χ4v) is 7.22. The van der Waals surface area contributed by atoms with Crippen LogP contribution in [0.4, 0.5) is 0 Å². The molecule has 0 heterocycles. The molecule has 0 aromatic heterocycles. The number of ketones is 7. The number of hydrogen-bond donors (Lipinski definition) is 2. The molecule has 2 N–H and O–H groups in total. The summed E-state index contributed by atoms with van der Waals surface area (Å²) in [6, 6.07) is 0. The van der Waals surface area contributed by atoms with E-state index in [2.05, 4.69) is 31.4 Å². The van der Waals surface area contributed by atoms with E-state index in [-0.39, 0.29) is 97.8 Å². The van der Waals surface area contributed by atoms with E-state index in [1.807, 2.05) is 62.3 Å². The number of ether oxygens (including phenoxy) is 12. The predicted molar refractivity (Wildman–Crippen MR) is 359 cm³/mol. The molecule has 0 saturated carbocycles. The summed E-state index contributed by atoms with van der Waals surface area (Å²) >= 11 is 0. The molecule has 0 aromatic carbocycles. The summed E-state index contributed by atoms with van der Waals surface area (Å²) in [4.78, 5) is 105. The molecular formula is C70H130N2O21. The van der Waals surface area contributed by atoms with E-state index in [9.17, 15) is 43.2 Å². The third kappa shape index (κ3) is 72.3. The Balaban J connectivity index is -0.00000138. The zero-order chi connectivity index (χ0) is 70.1. The van der Waals surface area contributed by atoms with Gasteiger partial charge in [-0.3, -0.25) is 43.2 Å². The SMILES string of the molecule is CCCCCC(=O)CCCOCCOCC(=O)C(C)(C)C.CCCCCC(=O)CCCOCCOCC(=O)NCCOCCOCC(=O)CCCOCCOCC(=O)C(C)(C)C.CCCCCC(=O)NCCOCCOCC(=O)CCCOCCOCC(=O)C(C)(C)C. The summed E-state index contributed by atoms with van der Waals surface area (Å²) in [7, 11) is 0. The number of nitrogens with one attached hydrogen (secondary N) is 2. The van der Waals surface area contributed by atoms with Gasteiger partial charge in [-0.2, -0.15) is 0 Å². The van der Waals surface area contributed by atoms with Gasteiger partial charge in [0.05, 0.1) is 92.5 Å². The molecule has 0 atom stereocenters. The molecule has 0 spiro atoms. The van der Waals surface area contributed by atoms with Crippen molar-refractivity contribution in [3.63, 3.8) is 0 Å². The Morgan fingerprint density at radius 3 is 0.774 bits per heavy atom. The van der Waals surface area contributed by atoms with Crippen molar-refractivity contribution in [3.8, 4) is 0 Å². The van der Waals surface area contributed by atoms with Crippen molar-refractivity contribution in [1.82, 2.24) is 10.6 Å². The van der Waals surface area contributed by atoms with E-state index in [4.69, 9.17) is 56.8 Å². The van der Waals surface area contributed by atoms with Gasteiger partial charge in [0.15, 0.2) is 28.9 Å². The zero-order valence-electron chi connectivity index (χ0n) is 60.1. The summed E-state index contributed by atoms with van der Waals surface area (Å²) < 4.78 is 64.1. The smallest absolute Gasteiger partial charge is 0.246 e. The minimum atomic E-state index is -0.404. The van der Waals surface area contributed by atoms with Gasteiger partial charge in [0.2, 0.25) is 11.8 Å². The van der Waals surface area contributed by atoms with Crippen molar-refractivity contribution < 1.29 is 100.0 Å². The molecule has 0 aliphatic heterocycles. The molecule has 2 amide bonds. The minimum Gasteiger partial charge on any atom is -0.379 e. The molecule has 23 heteroatoms. The maximum Gasteiger partial charge on any atom is 0.246 e. The average molecular weight is 1340 g/mol. The molecule has 0 aliphatic rings. The fraction of sp³-hybridized carbons (Fsp3) is 0.871. The van der Waals surface area contributed by atoms with E-state index in [0.717, 1.165) is 64.2 Å². The Kier molecular flexibility index (Phi) is 65.7. The van der Waals surface area contributed by atoms with Gasteiger partial charge in [-0.1, -0.05) is 122 Å². The van der Waals surface area contributed by atoms with Crippen LogP contribution in [-0.2, 0) is 100.0 Å². The van der Waals surface area contributed by atoms with E-state index >= 15 is 0 Å². The maximum atomic E-state index is 11.8. The Labute approximate surface area is 560 Å². The maximum absolute atomic E-state index is 11.8. The van der Waals surface area contributed by atoms with Crippen LogP contribution in [0.1, 0.15) is 212 Å². The van der Waals surface area contributed by atoms with Gasteiger partial charge in [0.1, 0.15) is 51.2 Å². The van der Waals surface area contributed by atoms with Crippen LogP contribution < -0.4 is 10.6 Å². The van der Waals surface area contributed by atoms with E-state index in [1.54, 1.807) is 0 Å². The molecule has 0 unspecified atom stereocenters. The first-order valence-corrected chi connectivity index (χ1v) is 34.4. The molecule has 0 bridgehead atoms. The van der Waals surface area contributed by atoms with Crippen LogP contribution in [0, 0.1) is 16.2 Å². The van der Waals surface area contributed by atoms with Crippen molar-refractivity contribution in [2.45, 2.75) is 212 Å². The van der Waals surface area contributed by atoms with Gasteiger partial charge in [-0.25, -0.2) is 0 Å². The first kappa shape index (κ1) is 93.3. The minimum absolute atomic E-state index is 0.00815. The molecule has 0 fully saturated rings. The quantitative estimate of drug-likeness (QED) is 0.0536. The van der Waals surface area contributed by atoms with Crippen molar-refractivity contribution in [3.05, 3.63) is 0 Å². The summed E-state index contributed by atoms with van der Waals surface area (Å²) in [5.74, 6) is 0.677.